The van der Waals surface area contributed by atoms with Crippen molar-refractivity contribution >= 4 is 17.2 Å². The molecule has 2 heterocycles. The second-order valence-electron chi connectivity index (χ2n) is 6.93. The van der Waals surface area contributed by atoms with Gasteiger partial charge < -0.3 is 9.88 Å². The van der Waals surface area contributed by atoms with Gasteiger partial charge in [0.05, 0.1) is 5.69 Å². The molecule has 0 saturated carbocycles. The number of benzene rings is 2. The summed E-state index contributed by atoms with van der Waals surface area (Å²) in [4.78, 5) is 41.8. The van der Waals surface area contributed by atoms with Gasteiger partial charge in [0, 0.05) is 48.3 Å². The van der Waals surface area contributed by atoms with Gasteiger partial charge in [-0.15, -0.1) is 11.3 Å². The van der Waals surface area contributed by atoms with Gasteiger partial charge in [0.1, 0.15) is 5.01 Å². The second-order valence-corrected chi connectivity index (χ2v) is 7.79. The first-order valence-corrected chi connectivity index (χ1v) is 10.6. The normalized spacial score (nSPS) is 10.7. The van der Waals surface area contributed by atoms with E-state index in [2.05, 4.69) is 10.3 Å². The Balaban J connectivity index is 1.36. The van der Waals surface area contributed by atoms with Crippen LogP contribution in [0.15, 0.2) is 81.8 Å². The number of amides is 1. The third-order valence-electron chi connectivity index (χ3n) is 4.71. The van der Waals surface area contributed by atoms with E-state index in [1.54, 1.807) is 11.3 Å². The maximum Gasteiger partial charge on any atom is 0.328 e. The van der Waals surface area contributed by atoms with Crippen LogP contribution in [0.3, 0.4) is 0 Å². The van der Waals surface area contributed by atoms with E-state index in [0.29, 0.717) is 6.54 Å². The minimum Gasteiger partial charge on any atom is -0.352 e. The molecule has 0 aliphatic carbocycles. The monoisotopic (exact) mass is 432 g/mol. The first kappa shape index (κ1) is 20.5. The summed E-state index contributed by atoms with van der Waals surface area (Å²) in [5, 5.41) is 5.83. The van der Waals surface area contributed by atoms with E-state index in [-0.39, 0.29) is 18.9 Å². The van der Waals surface area contributed by atoms with Crippen molar-refractivity contribution in [3.8, 4) is 21.8 Å². The van der Waals surface area contributed by atoms with E-state index >= 15 is 0 Å². The standard InChI is InChI=1S/C23H20N4O3S/c28-20(9-11-27-12-10-21(29)26-23(27)30)24-14-16-5-4-8-18(13-16)22-25-19(15-31-22)17-6-2-1-3-7-17/h1-8,10,12-13,15H,9,11,14H2,(H,24,28)(H,26,29,30). The van der Waals surface area contributed by atoms with E-state index in [9.17, 15) is 14.4 Å². The molecule has 0 radical (unpaired) electrons. The summed E-state index contributed by atoms with van der Waals surface area (Å²) >= 11 is 1.58. The topological polar surface area (TPSA) is 96.9 Å². The largest absolute Gasteiger partial charge is 0.352 e. The van der Waals surface area contributed by atoms with Crippen molar-refractivity contribution in [3.63, 3.8) is 0 Å². The Morgan fingerprint density at radius 2 is 1.84 bits per heavy atom. The molecule has 0 aliphatic heterocycles. The van der Waals surface area contributed by atoms with Gasteiger partial charge in [0.15, 0.2) is 0 Å². The predicted octanol–water partition coefficient (Wildman–Crippen LogP) is 3.03. The number of carbonyl (C=O) groups is 1. The van der Waals surface area contributed by atoms with Crippen molar-refractivity contribution in [2.24, 2.45) is 0 Å². The van der Waals surface area contributed by atoms with Crippen molar-refractivity contribution < 1.29 is 4.79 Å². The molecule has 0 spiro atoms. The molecule has 0 aliphatic rings. The van der Waals surface area contributed by atoms with Crippen LogP contribution in [-0.2, 0) is 17.9 Å². The number of H-pyrrole nitrogens is 1. The van der Waals surface area contributed by atoms with Crippen LogP contribution in [0.4, 0.5) is 0 Å². The molecule has 7 nitrogen and oxygen atoms in total. The zero-order chi connectivity index (χ0) is 21.6. The fraction of sp³-hybridized carbons (Fsp3) is 0.130. The lowest BCUT2D eigenvalue weighted by Crippen LogP contribution is -2.31. The first-order chi connectivity index (χ1) is 15.1. The molecule has 4 aromatic rings. The van der Waals surface area contributed by atoms with Crippen LogP contribution in [0.5, 0.6) is 0 Å². The Morgan fingerprint density at radius 1 is 1.03 bits per heavy atom. The van der Waals surface area contributed by atoms with Crippen molar-refractivity contribution in [1.29, 1.82) is 0 Å². The first-order valence-electron chi connectivity index (χ1n) is 9.75. The summed E-state index contributed by atoms with van der Waals surface area (Å²) < 4.78 is 1.30. The van der Waals surface area contributed by atoms with Gasteiger partial charge in [-0.3, -0.25) is 14.6 Å². The summed E-state index contributed by atoms with van der Waals surface area (Å²) in [5.74, 6) is -0.177. The van der Waals surface area contributed by atoms with Gasteiger partial charge in [-0.05, 0) is 11.6 Å². The molecule has 2 N–H and O–H groups in total. The van der Waals surface area contributed by atoms with E-state index < -0.39 is 11.2 Å². The Morgan fingerprint density at radius 3 is 2.65 bits per heavy atom. The maximum absolute atomic E-state index is 12.2. The molecule has 8 heteroatoms. The molecule has 0 fully saturated rings. The molecular weight excluding hydrogens is 412 g/mol. The highest BCUT2D eigenvalue weighted by Crippen LogP contribution is 2.29. The maximum atomic E-state index is 12.2. The number of thiazole rings is 1. The lowest BCUT2D eigenvalue weighted by atomic mass is 10.1. The summed E-state index contributed by atoms with van der Waals surface area (Å²) in [5.41, 5.74) is 3.00. The van der Waals surface area contributed by atoms with Crippen molar-refractivity contribution in [2.45, 2.75) is 19.5 Å². The Bertz CT molecular complexity index is 1310. The molecule has 2 aromatic heterocycles. The average molecular weight is 433 g/mol. The molecule has 0 unspecified atom stereocenters. The second kappa shape index (κ2) is 9.36. The SMILES string of the molecule is O=C(CCn1ccc(=O)[nH]c1=O)NCc1cccc(-c2nc(-c3ccccc3)cs2)c1. The van der Waals surface area contributed by atoms with Gasteiger partial charge in [-0.1, -0.05) is 48.5 Å². The molecule has 31 heavy (non-hydrogen) atoms. The lowest BCUT2D eigenvalue weighted by molar-refractivity contribution is -0.121. The van der Waals surface area contributed by atoms with E-state index in [0.717, 1.165) is 27.4 Å². The number of hydrogen-bond donors (Lipinski definition) is 2. The highest BCUT2D eigenvalue weighted by Gasteiger charge is 2.08. The zero-order valence-corrected chi connectivity index (χ0v) is 17.4. The minimum atomic E-state index is -0.522. The number of nitrogens with zero attached hydrogens (tertiary/aromatic N) is 2. The van der Waals surface area contributed by atoms with Crippen molar-refractivity contribution in [3.05, 3.63) is 98.6 Å². The van der Waals surface area contributed by atoms with Crippen LogP contribution in [0, 0.1) is 0 Å². The highest BCUT2D eigenvalue weighted by atomic mass is 32.1. The summed E-state index contributed by atoms with van der Waals surface area (Å²) in [6, 6.07) is 19.2. The van der Waals surface area contributed by atoms with Crippen LogP contribution in [0.2, 0.25) is 0 Å². The van der Waals surface area contributed by atoms with Crippen molar-refractivity contribution in [1.82, 2.24) is 19.9 Å². The molecule has 0 bridgehead atoms. The molecule has 0 atom stereocenters. The van der Waals surface area contributed by atoms with E-state index in [1.165, 1.54) is 16.8 Å². The molecule has 156 valence electrons. The molecular formula is C23H20N4O3S. The molecule has 2 aromatic carbocycles. The number of hydrogen-bond acceptors (Lipinski definition) is 5. The fourth-order valence-corrected chi connectivity index (χ4v) is 3.92. The van der Waals surface area contributed by atoms with Crippen molar-refractivity contribution in [2.75, 3.05) is 0 Å². The number of nitrogens with one attached hydrogen (secondary N) is 2. The summed E-state index contributed by atoms with van der Waals surface area (Å²) in [6.07, 6.45) is 1.52. The molecule has 1 amide bonds. The number of aryl methyl sites for hydroxylation is 1. The lowest BCUT2D eigenvalue weighted by Gasteiger charge is -2.08. The average Bonchev–Trinajstić information content (AvgIpc) is 3.28. The smallest absolute Gasteiger partial charge is 0.328 e. The third kappa shape index (κ3) is 5.23. The van der Waals surface area contributed by atoms with E-state index in [4.69, 9.17) is 4.98 Å². The van der Waals surface area contributed by atoms with Gasteiger partial charge in [-0.2, -0.15) is 0 Å². The van der Waals surface area contributed by atoms with Gasteiger partial charge >= 0.3 is 5.69 Å². The van der Waals surface area contributed by atoms with Crippen LogP contribution in [-0.4, -0.2) is 20.4 Å². The minimum absolute atomic E-state index is 0.137. The predicted molar refractivity (Wildman–Crippen MR) is 121 cm³/mol. The quantitative estimate of drug-likeness (QED) is 0.469. The number of rotatable bonds is 7. The zero-order valence-electron chi connectivity index (χ0n) is 16.6. The fourth-order valence-electron chi connectivity index (χ4n) is 3.09. The molecule has 4 rings (SSSR count). The Labute approximate surface area is 182 Å². The summed E-state index contributed by atoms with van der Waals surface area (Å²) in [7, 11) is 0. The highest BCUT2D eigenvalue weighted by molar-refractivity contribution is 7.13. The summed E-state index contributed by atoms with van der Waals surface area (Å²) in [6.45, 7) is 0.576. The number of carbonyl (C=O) groups excluding carboxylic acids is 1. The number of aromatic amines is 1. The van der Waals surface area contributed by atoms with Gasteiger partial charge in [0.25, 0.3) is 5.56 Å². The van der Waals surface area contributed by atoms with Gasteiger partial charge in [0.2, 0.25) is 5.91 Å². The van der Waals surface area contributed by atoms with Crippen LogP contribution in [0.1, 0.15) is 12.0 Å². The number of aromatic nitrogens is 3. The van der Waals surface area contributed by atoms with Crippen LogP contribution < -0.4 is 16.6 Å². The van der Waals surface area contributed by atoms with Crippen LogP contribution >= 0.6 is 11.3 Å². The Kier molecular flexibility index (Phi) is 6.18. The van der Waals surface area contributed by atoms with Gasteiger partial charge in [-0.25, -0.2) is 9.78 Å². The Hall–Kier alpha value is -3.78. The third-order valence-corrected chi connectivity index (χ3v) is 5.61. The van der Waals surface area contributed by atoms with Crippen LogP contribution in [0.25, 0.3) is 21.8 Å². The molecule has 0 saturated heterocycles. The van der Waals surface area contributed by atoms with E-state index in [1.807, 2.05) is 60.0 Å².